The first-order valence-electron chi connectivity index (χ1n) is 7.40. The van der Waals surface area contributed by atoms with Crippen molar-refractivity contribution in [3.05, 3.63) is 29.8 Å². The fraction of sp³-hybridized carbons (Fsp3) is 0.588. The van der Waals surface area contributed by atoms with E-state index >= 15 is 0 Å². The zero-order valence-electron chi connectivity index (χ0n) is 12.6. The highest BCUT2D eigenvalue weighted by Gasteiger charge is 2.44. The van der Waals surface area contributed by atoms with E-state index in [4.69, 9.17) is 10.00 Å². The van der Waals surface area contributed by atoms with E-state index < -0.39 is 0 Å². The molecule has 0 bridgehead atoms. The lowest BCUT2D eigenvalue weighted by molar-refractivity contribution is 0.325. The normalized spacial score (nSPS) is 17.6. The number of benzene rings is 1. The molecule has 1 aliphatic rings. The zero-order chi connectivity index (χ0) is 14.6. The fourth-order valence-electron chi connectivity index (χ4n) is 2.56. The van der Waals surface area contributed by atoms with Gasteiger partial charge in [-0.1, -0.05) is 26.0 Å². The molecule has 0 heterocycles. The van der Waals surface area contributed by atoms with Gasteiger partial charge in [0.05, 0.1) is 0 Å². The van der Waals surface area contributed by atoms with Crippen molar-refractivity contribution in [3.8, 4) is 11.8 Å². The Morgan fingerprint density at radius 2 is 1.90 bits per heavy atom. The Balaban J connectivity index is 1.86. The lowest BCUT2D eigenvalue weighted by Crippen LogP contribution is -2.29. The van der Waals surface area contributed by atoms with Gasteiger partial charge >= 0.3 is 0 Å². The van der Waals surface area contributed by atoms with E-state index in [1.54, 1.807) is 0 Å². The molecule has 0 aliphatic heterocycles. The molecule has 1 N–H and O–H groups in total. The van der Waals surface area contributed by atoms with Crippen molar-refractivity contribution in [1.82, 2.24) is 5.32 Å². The summed E-state index contributed by atoms with van der Waals surface area (Å²) in [5.41, 5.74) is 1.79. The summed E-state index contributed by atoms with van der Waals surface area (Å²) in [5.74, 6) is 1.51. The molecule has 0 saturated heterocycles. The third-order valence-electron chi connectivity index (χ3n) is 4.56. The van der Waals surface area contributed by atoms with E-state index in [-0.39, 0.29) is 6.61 Å². The second-order valence-corrected chi connectivity index (χ2v) is 6.14. The van der Waals surface area contributed by atoms with Crippen LogP contribution >= 0.6 is 0 Å². The highest BCUT2D eigenvalue weighted by molar-refractivity contribution is 5.29. The van der Waals surface area contributed by atoms with Crippen molar-refractivity contribution >= 4 is 0 Å². The third-order valence-corrected chi connectivity index (χ3v) is 4.56. The number of ether oxygens (including phenoxy) is 1. The molecule has 1 aromatic rings. The molecule has 1 atom stereocenters. The van der Waals surface area contributed by atoms with E-state index in [2.05, 4.69) is 38.2 Å². The summed E-state index contributed by atoms with van der Waals surface area (Å²) < 4.78 is 5.26. The Bertz CT molecular complexity index is 469. The van der Waals surface area contributed by atoms with E-state index in [0.29, 0.717) is 11.5 Å². The maximum Gasteiger partial charge on any atom is 0.174 e. The summed E-state index contributed by atoms with van der Waals surface area (Å²) in [6.45, 7) is 8.03. The van der Waals surface area contributed by atoms with Crippen LogP contribution in [0.3, 0.4) is 0 Å². The van der Waals surface area contributed by atoms with Crippen molar-refractivity contribution in [1.29, 1.82) is 5.26 Å². The van der Waals surface area contributed by atoms with Gasteiger partial charge in [0, 0.05) is 12.6 Å². The molecule has 1 saturated carbocycles. The van der Waals surface area contributed by atoms with Crippen LogP contribution in [0.1, 0.15) is 45.2 Å². The minimum absolute atomic E-state index is 0.101. The van der Waals surface area contributed by atoms with E-state index in [1.807, 2.05) is 18.2 Å². The van der Waals surface area contributed by atoms with Gasteiger partial charge in [0.1, 0.15) is 11.8 Å². The van der Waals surface area contributed by atoms with Gasteiger partial charge in [-0.25, -0.2) is 0 Å². The SMILES string of the molecule is CC(NCC1(C(C)C)CC1)c1ccc(OCC#N)cc1. The number of rotatable bonds is 7. The number of hydrogen-bond donors (Lipinski definition) is 1. The van der Waals surface area contributed by atoms with Gasteiger partial charge in [0.25, 0.3) is 0 Å². The molecule has 3 heteroatoms. The average molecular weight is 272 g/mol. The van der Waals surface area contributed by atoms with Gasteiger partial charge in [-0.3, -0.25) is 0 Å². The topological polar surface area (TPSA) is 45.0 Å². The fourth-order valence-corrected chi connectivity index (χ4v) is 2.56. The summed E-state index contributed by atoms with van der Waals surface area (Å²) in [6.07, 6.45) is 2.71. The summed E-state index contributed by atoms with van der Waals surface area (Å²) >= 11 is 0. The number of nitrogens with zero attached hydrogens (tertiary/aromatic N) is 1. The molecule has 0 radical (unpaired) electrons. The summed E-state index contributed by atoms with van der Waals surface area (Å²) in [6, 6.07) is 10.3. The number of nitriles is 1. The summed E-state index contributed by atoms with van der Waals surface area (Å²) in [4.78, 5) is 0. The van der Waals surface area contributed by atoms with Crippen LogP contribution in [0.4, 0.5) is 0 Å². The van der Waals surface area contributed by atoms with Crippen molar-refractivity contribution in [2.75, 3.05) is 13.2 Å². The van der Waals surface area contributed by atoms with Crippen molar-refractivity contribution in [2.24, 2.45) is 11.3 Å². The quantitative estimate of drug-likeness (QED) is 0.823. The maximum absolute atomic E-state index is 8.48. The van der Waals surface area contributed by atoms with Crippen LogP contribution in [-0.2, 0) is 0 Å². The molecular formula is C17H24N2O. The highest BCUT2D eigenvalue weighted by atomic mass is 16.5. The largest absolute Gasteiger partial charge is 0.479 e. The van der Waals surface area contributed by atoms with Crippen LogP contribution in [0, 0.1) is 22.7 Å². The molecule has 2 rings (SSSR count). The highest BCUT2D eigenvalue weighted by Crippen LogP contribution is 2.51. The van der Waals surface area contributed by atoms with Crippen molar-refractivity contribution in [3.63, 3.8) is 0 Å². The average Bonchev–Trinajstić information content (AvgIpc) is 3.24. The van der Waals surface area contributed by atoms with E-state index in [0.717, 1.165) is 18.2 Å². The van der Waals surface area contributed by atoms with Crippen LogP contribution < -0.4 is 10.1 Å². The maximum atomic E-state index is 8.48. The molecule has 3 nitrogen and oxygen atoms in total. The van der Waals surface area contributed by atoms with Crippen LogP contribution in [0.2, 0.25) is 0 Å². The molecule has 108 valence electrons. The lowest BCUT2D eigenvalue weighted by atomic mass is 9.92. The smallest absolute Gasteiger partial charge is 0.174 e. The monoisotopic (exact) mass is 272 g/mol. The first kappa shape index (κ1) is 14.9. The van der Waals surface area contributed by atoms with E-state index in [1.165, 1.54) is 18.4 Å². The Hall–Kier alpha value is -1.53. The molecule has 0 amide bonds. The second-order valence-electron chi connectivity index (χ2n) is 6.14. The summed E-state index contributed by atoms with van der Waals surface area (Å²) in [5, 5.41) is 12.1. The lowest BCUT2D eigenvalue weighted by Gasteiger charge is -2.23. The minimum atomic E-state index is 0.101. The molecule has 1 aliphatic carbocycles. The van der Waals surface area contributed by atoms with Gasteiger partial charge in [-0.2, -0.15) is 5.26 Å². The predicted octanol–water partition coefficient (Wildman–Crippen LogP) is 3.68. The zero-order valence-corrected chi connectivity index (χ0v) is 12.6. The van der Waals surface area contributed by atoms with Crippen LogP contribution in [0.25, 0.3) is 0 Å². The Kier molecular flexibility index (Phi) is 4.67. The first-order valence-corrected chi connectivity index (χ1v) is 7.40. The molecule has 0 aromatic heterocycles. The second kappa shape index (κ2) is 6.28. The third kappa shape index (κ3) is 3.52. The molecule has 1 aromatic carbocycles. The van der Waals surface area contributed by atoms with Gasteiger partial charge in [-0.15, -0.1) is 0 Å². The van der Waals surface area contributed by atoms with Crippen LogP contribution in [-0.4, -0.2) is 13.2 Å². The first-order chi connectivity index (χ1) is 9.57. The molecule has 20 heavy (non-hydrogen) atoms. The van der Waals surface area contributed by atoms with Gasteiger partial charge < -0.3 is 10.1 Å². The number of nitrogens with one attached hydrogen (secondary N) is 1. The van der Waals surface area contributed by atoms with Crippen LogP contribution in [0.15, 0.2) is 24.3 Å². The standard InChI is InChI=1S/C17H24N2O/c1-13(2)17(8-9-17)12-19-14(3)15-4-6-16(7-5-15)20-11-10-18/h4-7,13-14,19H,8-9,11-12H2,1-3H3. The Morgan fingerprint density at radius 1 is 1.25 bits per heavy atom. The van der Waals surface area contributed by atoms with Gasteiger partial charge in [-0.05, 0) is 48.8 Å². The minimum Gasteiger partial charge on any atom is -0.479 e. The van der Waals surface area contributed by atoms with Gasteiger partial charge in [0.15, 0.2) is 6.61 Å². The molecule has 1 unspecified atom stereocenters. The van der Waals surface area contributed by atoms with Gasteiger partial charge in [0.2, 0.25) is 0 Å². The molecule has 0 spiro atoms. The van der Waals surface area contributed by atoms with Crippen molar-refractivity contribution in [2.45, 2.75) is 39.7 Å². The van der Waals surface area contributed by atoms with Crippen molar-refractivity contribution < 1.29 is 4.74 Å². The van der Waals surface area contributed by atoms with Crippen LogP contribution in [0.5, 0.6) is 5.75 Å². The van der Waals surface area contributed by atoms with E-state index in [9.17, 15) is 0 Å². The number of hydrogen-bond acceptors (Lipinski definition) is 3. The predicted molar refractivity (Wildman–Crippen MR) is 80.5 cm³/mol. The molecule has 1 fully saturated rings. The Morgan fingerprint density at radius 3 is 2.40 bits per heavy atom. The molecular weight excluding hydrogens is 248 g/mol. The Labute approximate surface area is 121 Å². The summed E-state index contributed by atoms with van der Waals surface area (Å²) in [7, 11) is 0.